The lowest BCUT2D eigenvalue weighted by molar-refractivity contribution is -0.137. The zero-order chi connectivity index (χ0) is 17.4. The average Bonchev–Trinajstić information content (AvgIpc) is 2.83. The number of carbonyl (C=O) groups excluding carboxylic acids is 2. The Morgan fingerprint density at radius 2 is 1.96 bits per heavy atom. The highest BCUT2D eigenvalue weighted by Gasteiger charge is 2.32. The topological polar surface area (TPSA) is 74.9 Å². The highest BCUT2D eigenvalue weighted by Crippen LogP contribution is 2.32. The van der Waals surface area contributed by atoms with Crippen LogP contribution in [0.1, 0.15) is 16.1 Å². The van der Waals surface area contributed by atoms with E-state index in [0.717, 1.165) is 12.1 Å². The number of fused-ring (bicyclic) bond motifs is 1. The van der Waals surface area contributed by atoms with Crippen molar-refractivity contribution >= 4 is 22.6 Å². The molecular formula is C15H12F3N3O2. The van der Waals surface area contributed by atoms with Gasteiger partial charge in [-0.15, -0.1) is 0 Å². The van der Waals surface area contributed by atoms with Crippen LogP contribution in [0, 0.1) is 17.2 Å². The molecular weight excluding hydrogens is 311 g/mol. The van der Waals surface area contributed by atoms with Gasteiger partial charge in [-0.1, -0.05) is 0 Å². The molecule has 0 aliphatic carbocycles. The molecule has 1 heterocycles. The number of aromatic nitrogens is 1. The molecule has 23 heavy (non-hydrogen) atoms. The summed E-state index contributed by atoms with van der Waals surface area (Å²) in [7, 11) is 2.78. The van der Waals surface area contributed by atoms with Crippen LogP contribution in [0.5, 0.6) is 0 Å². The summed E-state index contributed by atoms with van der Waals surface area (Å²) in [6.45, 7) is 0. The van der Waals surface area contributed by atoms with Gasteiger partial charge in [0.25, 0.3) is 0 Å². The van der Waals surface area contributed by atoms with Gasteiger partial charge in [-0.25, -0.2) is 0 Å². The fraction of sp³-hybridized carbons (Fsp3) is 0.267. The number of amides is 1. The SMILES string of the molecule is CNC(=O)[C@@H](C#N)C(=O)c1cc2cc(C(F)(F)F)ccc2n1C. The average molecular weight is 323 g/mol. The molecule has 0 saturated heterocycles. The number of carbonyl (C=O) groups is 2. The summed E-state index contributed by atoms with van der Waals surface area (Å²) in [5.74, 6) is -3.08. The number of Topliss-reactive ketones (excluding diaryl/α,β-unsaturated/α-hetero) is 1. The Balaban J connectivity index is 2.54. The predicted octanol–water partition coefficient (Wildman–Crippen LogP) is 2.27. The molecule has 1 amide bonds. The molecule has 5 nitrogen and oxygen atoms in total. The summed E-state index contributed by atoms with van der Waals surface area (Å²) in [5, 5.41) is 11.4. The van der Waals surface area contributed by atoms with Gasteiger partial charge in [0, 0.05) is 25.0 Å². The number of benzene rings is 1. The Bertz CT molecular complexity index is 831. The van der Waals surface area contributed by atoms with Crippen molar-refractivity contribution in [1.29, 1.82) is 5.26 Å². The maximum atomic E-state index is 12.7. The Morgan fingerprint density at radius 3 is 2.48 bits per heavy atom. The molecule has 0 saturated carbocycles. The van der Waals surface area contributed by atoms with Crippen LogP contribution in [0.25, 0.3) is 10.9 Å². The van der Waals surface area contributed by atoms with E-state index in [-0.39, 0.29) is 11.1 Å². The Kier molecular flexibility index (Phi) is 4.14. The Hall–Kier alpha value is -2.82. The highest BCUT2D eigenvalue weighted by atomic mass is 19.4. The van der Waals surface area contributed by atoms with E-state index >= 15 is 0 Å². The third kappa shape index (κ3) is 2.90. The van der Waals surface area contributed by atoms with Crippen LogP contribution < -0.4 is 5.32 Å². The lowest BCUT2D eigenvalue weighted by Gasteiger charge is -2.08. The van der Waals surface area contributed by atoms with Crippen LogP contribution in [-0.2, 0) is 18.0 Å². The monoisotopic (exact) mass is 323 g/mol. The van der Waals surface area contributed by atoms with Crippen molar-refractivity contribution < 1.29 is 22.8 Å². The molecule has 1 atom stereocenters. The number of rotatable bonds is 3. The maximum Gasteiger partial charge on any atom is 0.416 e. The van der Waals surface area contributed by atoms with Crippen LogP contribution in [0.15, 0.2) is 24.3 Å². The first-order valence-corrected chi connectivity index (χ1v) is 6.52. The molecule has 1 aromatic heterocycles. The number of aryl methyl sites for hydroxylation is 1. The number of hydrogen-bond acceptors (Lipinski definition) is 3. The van der Waals surface area contributed by atoms with Gasteiger partial charge in [0.2, 0.25) is 11.7 Å². The van der Waals surface area contributed by atoms with Crippen molar-refractivity contribution in [3.63, 3.8) is 0 Å². The first-order chi connectivity index (χ1) is 10.7. The minimum Gasteiger partial charge on any atom is -0.358 e. The molecule has 0 fully saturated rings. The molecule has 1 N–H and O–H groups in total. The highest BCUT2D eigenvalue weighted by molar-refractivity contribution is 6.13. The minimum atomic E-state index is -4.49. The molecule has 0 bridgehead atoms. The summed E-state index contributed by atoms with van der Waals surface area (Å²) in [5.41, 5.74) is -0.442. The summed E-state index contributed by atoms with van der Waals surface area (Å²) in [4.78, 5) is 23.9. The second-order valence-electron chi connectivity index (χ2n) is 4.90. The molecule has 0 radical (unpaired) electrons. The zero-order valence-corrected chi connectivity index (χ0v) is 12.2. The number of nitriles is 1. The first kappa shape index (κ1) is 16.5. The van der Waals surface area contributed by atoms with Crippen molar-refractivity contribution in [3.05, 3.63) is 35.5 Å². The van der Waals surface area contributed by atoms with Crippen molar-refractivity contribution in [2.75, 3.05) is 7.05 Å². The van der Waals surface area contributed by atoms with Crippen molar-refractivity contribution in [3.8, 4) is 6.07 Å². The van der Waals surface area contributed by atoms with E-state index in [9.17, 15) is 22.8 Å². The van der Waals surface area contributed by atoms with E-state index in [0.29, 0.717) is 5.52 Å². The first-order valence-electron chi connectivity index (χ1n) is 6.52. The molecule has 0 unspecified atom stereocenters. The van der Waals surface area contributed by atoms with Crippen molar-refractivity contribution in [2.45, 2.75) is 6.18 Å². The zero-order valence-electron chi connectivity index (χ0n) is 12.2. The number of hydrogen-bond donors (Lipinski definition) is 1. The quantitative estimate of drug-likeness (QED) is 0.695. The smallest absolute Gasteiger partial charge is 0.358 e. The standard InChI is InChI=1S/C15H12F3N3O2/c1-20-14(23)10(7-19)13(22)12-6-8-5-9(15(16,17)18)3-4-11(8)21(12)2/h3-6,10H,1-2H3,(H,20,23)/t10-/m0/s1. The third-order valence-corrected chi connectivity index (χ3v) is 3.52. The predicted molar refractivity (Wildman–Crippen MR) is 75.4 cm³/mol. The second kappa shape index (κ2) is 5.76. The van der Waals surface area contributed by atoms with Crippen molar-refractivity contribution in [1.82, 2.24) is 9.88 Å². The van der Waals surface area contributed by atoms with Crippen LogP contribution >= 0.6 is 0 Å². The van der Waals surface area contributed by atoms with E-state index in [1.165, 1.54) is 30.8 Å². The molecule has 1 aromatic carbocycles. The van der Waals surface area contributed by atoms with E-state index in [1.54, 1.807) is 6.07 Å². The normalized spacial score (nSPS) is 12.7. The number of nitrogens with zero attached hydrogens (tertiary/aromatic N) is 2. The van der Waals surface area contributed by atoms with Gasteiger partial charge in [-0.05, 0) is 24.3 Å². The van der Waals surface area contributed by atoms with Crippen molar-refractivity contribution in [2.24, 2.45) is 13.0 Å². The van der Waals surface area contributed by atoms with Gasteiger partial charge >= 0.3 is 6.18 Å². The Labute approximate surface area is 129 Å². The van der Waals surface area contributed by atoms with Crippen LogP contribution in [0.2, 0.25) is 0 Å². The van der Waals surface area contributed by atoms with Crippen LogP contribution in [0.4, 0.5) is 13.2 Å². The number of ketones is 1. The minimum absolute atomic E-state index is 0.00512. The van der Waals surface area contributed by atoms with E-state index < -0.39 is 29.3 Å². The van der Waals surface area contributed by atoms with Gasteiger partial charge < -0.3 is 9.88 Å². The van der Waals surface area contributed by atoms with Gasteiger partial charge in [-0.3, -0.25) is 9.59 Å². The molecule has 0 aliphatic rings. The van der Waals surface area contributed by atoms with E-state index in [4.69, 9.17) is 5.26 Å². The fourth-order valence-electron chi connectivity index (χ4n) is 2.29. The number of halogens is 3. The van der Waals surface area contributed by atoms with Gasteiger partial charge in [-0.2, -0.15) is 18.4 Å². The molecule has 2 rings (SSSR count). The summed E-state index contributed by atoms with van der Waals surface area (Å²) in [6.07, 6.45) is -4.49. The molecule has 2 aromatic rings. The maximum absolute atomic E-state index is 12.7. The van der Waals surface area contributed by atoms with Crippen LogP contribution in [-0.4, -0.2) is 23.3 Å². The number of alkyl halides is 3. The van der Waals surface area contributed by atoms with E-state index in [2.05, 4.69) is 5.32 Å². The summed E-state index contributed by atoms with van der Waals surface area (Å²) < 4.78 is 39.6. The molecule has 120 valence electrons. The van der Waals surface area contributed by atoms with Gasteiger partial charge in [0.15, 0.2) is 5.92 Å². The number of nitrogens with one attached hydrogen (secondary N) is 1. The second-order valence-corrected chi connectivity index (χ2v) is 4.90. The van der Waals surface area contributed by atoms with Gasteiger partial charge in [0.05, 0.1) is 17.3 Å². The van der Waals surface area contributed by atoms with E-state index in [1.807, 2.05) is 0 Å². The summed E-state index contributed by atoms with van der Waals surface area (Å²) in [6, 6.07) is 5.94. The molecule has 8 heteroatoms. The van der Waals surface area contributed by atoms with Crippen LogP contribution in [0.3, 0.4) is 0 Å². The lowest BCUT2D eigenvalue weighted by atomic mass is 10.0. The largest absolute Gasteiger partial charge is 0.416 e. The fourth-order valence-corrected chi connectivity index (χ4v) is 2.29. The lowest BCUT2D eigenvalue weighted by Crippen LogP contribution is -2.32. The molecule has 0 spiro atoms. The third-order valence-electron chi connectivity index (χ3n) is 3.52. The Morgan fingerprint density at radius 1 is 1.30 bits per heavy atom. The summed E-state index contributed by atoms with van der Waals surface area (Å²) >= 11 is 0. The van der Waals surface area contributed by atoms with Gasteiger partial charge in [0.1, 0.15) is 0 Å². The molecule has 0 aliphatic heterocycles.